The fourth-order valence-corrected chi connectivity index (χ4v) is 1.96. The molecule has 1 heterocycles. The fourth-order valence-electron chi connectivity index (χ4n) is 1.96. The van der Waals surface area contributed by atoms with Gasteiger partial charge in [0.25, 0.3) is 0 Å². The average molecular weight is 289 g/mol. The Bertz CT molecular complexity index is 552. The van der Waals surface area contributed by atoms with E-state index in [1.165, 1.54) is 5.56 Å². The Balaban J connectivity index is 1.89. The third kappa shape index (κ3) is 5.11. The standard InChI is InChI=1S/C16H23N3O2/c1-13(2)21-15-6-4-5-14(11-15)12-17-16-7-8-19(18-16)9-10-20-3/h4-8,11,13H,9-10,12H2,1-3H3,(H,17,18). The Labute approximate surface area is 125 Å². The highest BCUT2D eigenvalue weighted by molar-refractivity contribution is 5.36. The molecule has 0 aliphatic carbocycles. The molecule has 0 aliphatic rings. The number of hydrogen-bond acceptors (Lipinski definition) is 4. The van der Waals surface area contributed by atoms with Crippen LogP contribution in [0.5, 0.6) is 5.75 Å². The SMILES string of the molecule is COCCn1ccc(NCc2cccc(OC(C)C)c2)n1. The summed E-state index contributed by atoms with van der Waals surface area (Å²) in [4.78, 5) is 0. The average Bonchev–Trinajstić information content (AvgIpc) is 2.90. The lowest BCUT2D eigenvalue weighted by Crippen LogP contribution is -2.07. The van der Waals surface area contributed by atoms with Gasteiger partial charge in [-0.05, 0) is 31.5 Å². The van der Waals surface area contributed by atoms with Crippen molar-refractivity contribution >= 4 is 5.82 Å². The highest BCUT2D eigenvalue weighted by Gasteiger charge is 2.01. The summed E-state index contributed by atoms with van der Waals surface area (Å²) in [6.45, 7) is 6.19. The smallest absolute Gasteiger partial charge is 0.148 e. The molecule has 1 aromatic carbocycles. The maximum absolute atomic E-state index is 5.69. The molecule has 1 aromatic heterocycles. The van der Waals surface area contributed by atoms with E-state index in [9.17, 15) is 0 Å². The molecule has 0 saturated carbocycles. The molecule has 0 aliphatic heterocycles. The van der Waals surface area contributed by atoms with E-state index < -0.39 is 0 Å². The van der Waals surface area contributed by atoms with Crippen molar-refractivity contribution in [3.63, 3.8) is 0 Å². The lowest BCUT2D eigenvalue weighted by Gasteiger charge is -2.11. The van der Waals surface area contributed by atoms with Crippen molar-refractivity contribution in [2.75, 3.05) is 19.0 Å². The lowest BCUT2D eigenvalue weighted by atomic mass is 10.2. The van der Waals surface area contributed by atoms with E-state index in [2.05, 4.69) is 22.5 Å². The maximum Gasteiger partial charge on any atom is 0.148 e. The van der Waals surface area contributed by atoms with Gasteiger partial charge in [0.15, 0.2) is 0 Å². The molecule has 5 heteroatoms. The molecule has 5 nitrogen and oxygen atoms in total. The number of ether oxygens (including phenoxy) is 2. The molecule has 2 aromatic rings. The molecule has 0 radical (unpaired) electrons. The number of nitrogens with one attached hydrogen (secondary N) is 1. The van der Waals surface area contributed by atoms with Crippen LogP contribution in [0, 0.1) is 0 Å². The summed E-state index contributed by atoms with van der Waals surface area (Å²) in [6.07, 6.45) is 2.13. The van der Waals surface area contributed by atoms with Gasteiger partial charge in [0.2, 0.25) is 0 Å². The van der Waals surface area contributed by atoms with Crippen molar-refractivity contribution in [3.05, 3.63) is 42.1 Å². The Hall–Kier alpha value is -2.01. The van der Waals surface area contributed by atoms with E-state index in [4.69, 9.17) is 9.47 Å². The van der Waals surface area contributed by atoms with Crippen LogP contribution in [0.25, 0.3) is 0 Å². The van der Waals surface area contributed by atoms with Gasteiger partial charge in [0.05, 0.1) is 19.3 Å². The minimum absolute atomic E-state index is 0.185. The zero-order valence-corrected chi connectivity index (χ0v) is 12.9. The first kappa shape index (κ1) is 15.4. The lowest BCUT2D eigenvalue weighted by molar-refractivity contribution is 0.183. The first-order valence-corrected chi connectivity index (χ1v) is 7.19. The fraction of sp³-hybridized carbons (Fsp3) is 0.438. The number of methoxy groups -OCH3 is 1. The van der Waals surface area contributed by atoms with Gasteiger partial charge in [-0.25, -0.2) is 0 Å². The van der Waals surface area contributed by atoms with Crippen LogP contribution < -0.4 is 10.1 Å². The van der Waals surface area contributed by atoms with Crippen molar-refractivity contribution in [1.29, 1.82) is 0 Å². The summed E-state index contributed by atoms with van der Waals surface area (Å²) in [6, 6.07) is 10.1. The largest absolute Gasteiger partial charge is 0.491 e. The van der Waals surface area contributed by atoms with Gasteiger partial charge in [-0.15, -0.1) is 0 Å². The van der Waals surface area contributed by atoms with Crippen molar-refractivity contribution in [2.24, 2.45) is 0 Å². The van der Waals surface area contributed by atoms with Crippen molar-refractivity contribution < 1.29 is 9.47 Å². The summed E-state index contributed by atoms with van der Waals surface area (Å²) >= 11 is 0. The molecule has 0 atom stereocenters. The van der Waals surface area contributed by atoms with Crippen molar-refractivity contribution in [3.8, 4) is 5.75 Å². The van der Waals surface area contributed by atoms with Gasteiger partial charge in [0, 0.05) is 25.9 Å². The Morgan fingerprint density at radius 3 is 2.90 bits per heavy atom. The summed E-state index contributed by atoms with van der Waals surface area (Å²) in [7, 11) is 1.69. The molecule has 0 spiro atoms. The second-order valence-corrected chi connectivity index (χ2v) is 5.12. The number of benzene rings is 1. The minimum atomic E-state index is 0.185. The van der Waals surface area contributed by atoms with E-state index in [1.807, 2.05) is 42.9 Å². The number of aromatic nitrogens is 2. The van der Waals surface area contributed by atoms with E-state index in [0.29, 0.717) is 6.61 Å². The predicted molar refractivity (Wildman–Crippen MR) is 83.6 cm³/mol. The van der Waals surface area contributed by atoms with Crippen molar-refractivity contribution in [1.82, 2.24) is 9.78 Å². The van der Waals surface area contributed by atoms with E-state index in [0.717, 1.165) is 24.7 Å². The highest BCUT2D eigenvalue weighted by Crippen LogP contribution is 2.16. The van der Waals surface area contributed by atoms with Crippen LogP contribution in [-0.2, 0) is 17.8 Å². The number of hydrogen-bond donors (Lipinski definition) is 1. The second-order valence-electron chi connectivity index (χ2n) is 5.12. The van der Waals surface area contributed by atoms with Crippen LogP contribution in [0.2, 0.25) is 0 Å². The molecule has 2 rings (SSSR count). The van der Waals surface area contributed by atoms with Gasteiger partial charge in [-0.1, -0.05) is 12.1 Å². The van der Waals surface area contributed by atoms with Gasteiger partial charge in [-0.2, -0.15) is 5.10 Å². The highest BCUT2D eigenvalue weighted by atomic mass is 16.5. The van der Waals surface area contributed by atoms with E-state index >= 15 is 0 Å². The predicted octanol–water partition coefficient (Wildman–Crippen LogP) is 2.93. The van der Waals surface area contributed by atoms with Crippen molar-refractivity contribution in [2.45, 2.75) is 33.0 Å². The first-order valence-electron chi connectivity index (χ1n) is 7.19. The quantitative estimate of drug-likeness (QED) is 0.811. The van der Waals surface area contributed by atoms with Crippen LogP contribution in [0.15, 0.2) is 36.5 Å². The normalized spacial score (nSPS) is 10.9. The third-order valence-electron chi connectivity index (χ3n) is 2.91. The van der Waals surface area contributed by atoms with Crippen LogP contribution in [0.4, 0.5) is 5.82 Å². The molecule has 0 amide bonds. The Morgan fingerprint density at radius 2 is 2.14 bits per heavy atom. The summed E-state index contributed by atoms with van der Waals surface area (Å²) in [5.41, 5.74) is 1.17. The summed E-state index contributed by atoms with van der Waals surface area (Å²) < 4.78 is 12.6. The number of nitrogens with zero attached hydrogens (tertiary/aromatic N) is 2. The second kappa shape index (κ2) is 7.69. The molecule has 0 bridgehead atoms. The zero-order chi connectivity index (χ0) is 15.1. The Morgan fingerprint density at radius 1 is 1.29 bits per heavy atom. The van der Waals surface area contributed by atoms with Gasteiger partial charge >= 0.3 is 0 Å². The molecular weight excluding hydrogens is 266 g/mol. The maximum atomic E-state index is 5.69. The molecule has 0 saturated heterocycles. The van der Waals surface area contributed by atoms with Crippen LogP contribution in [0.3, 0.4) is 0 Å². The zero-order valence-electron chi connectivity index (χ0n) is 12.9. The van der Waals surface area contributed by atoms with E-state index in [-0.39, 0.29) is 6.10 Å². The summed E-state index contributed by atoms with van der Waals surface area (Å²) in [5.74, 6) is 1.76. The molecule has 1 N–H and O–H groups in total. The van der Waals surface area contributed by atoms with Crippen LogP contribution in [-0.4, -0.2) is 29.6 Å². The Kier molecular flexibility index (Phi) is 5.63. The van der Waals surface area contributed by atoms with E-state index in [1.54, 1.807) is 7.11 Å². The number of rotatable bonds is 8. The van der Waals surface area contributed by atoms with Gasteiger partial charge in [0.1, 0.15) is 11.6 Å². The topological polar surface area (TPSA) is 48.3 Å². The van der Waals surface area contributed by atoms with Gasteiger partial charge in [-0.3, -0.25) is 4.68 Å². The molecular formula is C16H23N3O2. The summed E-state index contributed by atoms with van der Waals surface area (Å²) in [5, 5.41) is 7.74. The minimum Gasteiger partial charge on any atom is -0.491 e. The molecule has 0 unspecified atom stereocenters. The van der Waals surface area contributed by atoms with Crippen LogP contribution >= 0.6 is 0 Å². The van der Waals surface area contributed by atoms with Crippen LogP contribution in [0.1, 0.15) is 19.4 Å². The third-order valence-corrected chi connectivity index (χ3v) is 2.91. The molecule has 0 fully saturated rings. The first-order chi connectivity index (χ1) is 10.2. The number of anilines is 1. The molecule has 114 valence electrons. The molecule has 21 heavy (non-hydrogen) atoms. The van der Waals surface area contributed by atoms with Gasteiger partial charge < -0.3 is 14.8 Å². The monoisotopic (exact) mass is 289 g/mol.